The number of nitrogens with zero attached hydrogens (tertiary/aromatic N) is 1. The Kier molecular flexibility index (Phi) is 2.93. The molecule has 4 heteroatoms. The van der Waals surface area contributed by atoms with E-state index in [2.05, 4.69) is 0 Å². The molecule has 0 fully saturated rings. The molecular weight excluding hydrogens is 195 g/mol. The van der Waals surface area contributed by atoms with Gasteiger partial charge in [0, 0.05) is 0 Å². The van der Waals surface area contributed by atoms with Crippen molar-refractivity contribution in [3.05, 3.63) is 33.8 Å². The van der Waals surface area contributed by atoms with Gasteiger partial charge in [0.2, 0.25) is 0 Å². The molecule has 0 radical (unpaired) electrons. The second kappa shape index (κ2) is 3.77. The lowest BCUT2D eigenvalue weighted by Gasteiger charge is -2.03. The molecule has 0 heterocycles. The summed E-state index contributed by atoms with van der Waals surface area (Å²) in [7, 11) is 0. The SMILES string of the molecule is N#C[C@H](N)c1ccc(Cl)c(Cl)c1. The maximum atomic E-state index is 8.50. The van der Waals surface area contributed by atoms with Gasteiger partial charge in [-0.05, 0) is 17.7 Å². The van der Waals surface area contributed by atoms with Crippen molar-refractivity contribution in [3.63, 3.8) is 0 Å². The molecule has 0 aromatic heterocycles. The zero-order chi connectivity index (χ0) is 9.14. The fraction of sp³-hybridized carbons (Fsp3) is 0.125. The third-order valence-corrected chi connectivity index (χ3v) is 2.18. The van der Waals surface area contributed by atoms with Crippen LogP contribution in [0.5, 0.6) is 0 Å². The molecule has 0 aliphatic rings. The van der Waals surface area contributed by atoms with Crippen LogP contribution in [0.1, 0.15) is 11.6 Å². The van der Waals surface area contributed by atoms with Crippen LogP contribution in [-0.4, -0.2) is 0 Å². The van der Waals surface area contributed by atoms with Gasteiger partial charge in [0.1, 0.15) is 6.04 Å². The average molecular weight is 201 g/mol. The summed E-state index contributed by atoms with van der Waals surface area (Å²) in [5.74, 6) is 0. The molecule has 1 aromatic carbocycles. The van der Waals surface area contributed by atoms with Gasteiger partial charge in [-0.2, -0.15) is 5.26 Å². The molecule has 0 saturated carbocycles. The molecule has 0 spiro atoms. The molecule has 62 valence electrons. The molecule has 0 aliphatic carbocycles. The zero-order valence-corrected chi connectivity index (χ0v) is 7.60. The van der Waals surface area contributed by atoms with Crippen molar-refractivity contribution in [1.82, 2.24) is 0 Å². The van der Waals surface area contributed by atoms with Crippen molar-refractivity contribution < 1.29 is 0 Å². The molecule has 0 aliphatic heterocycles. The van der Waals surface area contributed by atoms with Crippen LogP contribution in [0.4, 0.5) is 0 Å². The van der Waals surface area contributed by atoms with Gasteiger partial charge in [0.15, 0.2) is 0 Å². The van der Waals surface area contributed by atoms with Crippen molar-refractivity contribution in [2.75, 3.05) is 0 Å². The Bertz CT molecular complexity index is 330. The molecule has 0 unspecified atom stereocenters. The fourth-order valence-corrected chi connectivity index (χ4v) is 1.09. The minimum atomic E-state index is -0.639. The van der Waals surface area contributed by atoms with E-state index < -0.39 is 6.04 Å². The van der Waals surface area contributed by atoms with Gasteiger partial charge in [0.05, 0.1) is 16.1 Å². The highest BCUT2D eigenvalue weighted by molar-refractivity contribution is 6.42. The molecule has 12 heavy (non-hydrogen) atoms. The molecule has 2 N–H and O–H groups in total. The van der Waals surface area contributed by atoms with Gasteiger partial charge < -0.3 is 5.73 Å². The van der Waals surface area contributed by atoms with Crippen LogP contribution >= 0.6 is 23.2 Å². The lowest BCUT2D eigenvalue weighted by Crippen LogP contribution is -2.06. The Balaban J connectivity index is 3.06. The minimum absolute atomic E-state index is 0.417. The van der Waals surface area contributed by atoms with E-state index >= 15 is 0 Å². The minimum Gasteiger partial charge on any atom is -0.312 e. The number of benzene rings is 1. The largest absolute Gasteiger partial charge is 0.312 e. The highest BCUT2D eigenvalue weighted by Crippen LogP contribution is 2.24. The van der Waals surface area contributed by atoms with Crippen molar-refractivity contribution >= 4 is 23.2 Å². The average Bonchev–Trinajstić information content (AvgIpc) is 2.08. The molecular formula is C8H6Cl2N2. The Morgan fingerprint density at radius 2 is 2.00 bits per heavy atom. The topological polar surface area (TPSA) is 49.8 Å². The van der Waals surface area contributed by atoms with Gasteiger partial charge in [0.25, 0.3) is 0 Å². The normalized spacial score (nSPS) is 12.2. The van der Waals surface area contributed by atoms with Gasteiger partial charge in [-0.1, -0.05) is 29.3 Å². The number of hydrogen-bond donors (Lipinski definition) is 1. The van der Waals surface area contributed by atoms with E-state index in [4.69, 9.17) is 34.2 Å². The van der Waals surface area contributed by atoms with Crippen molar-refractivity contribution in [2.24, 2.45) is 5.73 Å². The van der Waals surface area contributed by atoms with Gasteiger partial charge >= 0.3 is 0 Å². The van der Waals surface area contributed by atoms with Crippen LogP contribution in [0.25, 0.3) is 0 Å². The maximum absolute atomic E-state index is 8.50. The Labute approximate surface area is 80.5 Å². The monoisotopic (exact) mass is 200 g/mol. The van der Waals surface area contributed by atoms with Crippen LogP contribution in [0.3, 0.4) is 0 Å². The van der Waals surface area contributed by atoms with Crippen LogP contribution in [-0.2, 0) is 0 Å². The summed E-state index contributed by atoms with van der Waals surface area (Å²) in [5, 5.41) is 9.38. The van der Waals surface area contributed by atoms with Crippen LogP contribution < -0.4 is 5.73 Å². The van der Waals surface area contributed by atoms with Gasteiger partial charge in [-0.3, -0.25) is 0 Å². The number of halogens is 2. The number of nitrogens with two attached hydrogens (primary N) is 1. The maximum Gasteiger partial charge on any atom is 0.118 e. The predicted octanol–water partition coefficient (Wildman–Crippen LogP) is 2.52. The van der Waals surface area contributed by atoms with Gasteiger partial charge in [-0.25, -0.2) is 0 Å². The summed E-state index contributed by atoms with van der Waals surface area (Å²) in [5.41, 5.74) is 6.12. The molecule has 0 bridgehead atoms. The standard InChI is InChI=1S/C8H6Cl2N2/c9-6-2-1-5(3-7(6)10)8(12)4-11/h1-3,8H,12H2/t8-/m0/s1. The second-order valence-corrected chi connectivity index (χ2v) is 3.09. The number of rotatable bonds is 1. The van der Waals surface area contributed by atoms with Crippen LogP contribution in [0, 0.1) is 11.3 Å². The summed E-state index contributed by atoms with van der Waals surface area (Å²) < 4.78 is 0. The quantitative estimate of drug-likeness (QED) is 0.758. The number of hydrogen-bond acceptors (Lipinski definition) is 2. The van der Waals surface area contributed by atoms with E-state index in [0.29, 0.717) is 15.6 Å². The first-order valence-corrected chi connectivity index (χ1v) is 4.01. The summed E-state index contributed by atoms with van der Waals surface area (Å²) in [6.45, 7) is 0. The van der Waals surface area contributed by atoms with Crippen molar-refractivity contribution in [2.45, 2.75) is 6.04 Å². The van der Waals surface area contributed by atoms with Crippen LogP contribution in [0.15, 0.2) is 18.2 Å². The molecule has 1 aromatic rings. The molecule has 0 saturated heterocycles. The highest BCUT2D eigenvalue weighted by Gasteiger charge is 2.05. The Hall–Kier alpha value is -0.750. The molecule has 1 rings (SSSR count). The highest BCUT2D eigenvalue weighted by atomic mass is 35.5. The fourth-order valence-electron chi connectivity index (χ4n) is 0.780. The van der Waals surface area contributed by atoms with Crippen molar-refractivity contribution in [3.8, 4) is 6.07 Å². The molecule has 1 atom stereocenters. The second-order valence-electron chi connectivity index (χ2n) is 2.28. The van der Waals surface area contributed by atoms with E-state index in [0.717, 1.165) is 0 Å². The lowest BCUT2D eigenvalue weighted by molar-refractivity contribution is 0.926. The summed E-state index contributed by atoms with van der Waals surface area (Å²) >= 11 is 11.4. The Morgan fingerprint density at radius 1 is 1.33 bits per heavy atom. The van der Waals surface area contributed by atoms with E-state index in [9.17, 15) is 0 Å². The predicted molar refractivity (Wildman–Crippen MR) is 49.0 cm³/mol. The Morgan fingerprint density at radius 3 is 2.50 bits per heavy atom. The van der Waals surface area contributed by atoms with E-state index in [1.165, 1.54) is 0 Å². The summed E-state index contributed by atoms with van der Waals surface area (Å²) in [6.07, 6.45) is 0. The molecule has 2 nitrogen and oxygen atoms in total. The first-order valence-electron chi connectivity index (χ1n) is 3.25. The smallest absolute Gasteiger partial charge is 0.118 e. The lowest BCUT2D eigenvalue weighted by atomic mass is 10.1. The first kappa shape index (κ1) is 9.34. The summed E-state index contributed by atoms with van der Waals surface area (Å²) in [6, 6.07) is 6.16. The first-order chi connectivity index (χ1) is 5.65. The summed E-state index contributed by atoms with van der Waals surface area (Å²) in [4.78, 5) is 0. The third-order valence-electron chi connectivity index (χ3n) is 1.44. The van der Waals surface area contributed by atoms with Crippen LogP contribution in [0.2, 0.25) is 10.0 Å². The number of nitriles is 1. The van der Waals surface area contributed by atoms with E-state index in [1.54, 1.807) is 18.2 Å². The molecule has 0 amide bonds. The van der Waals surface area contributed by atoms with E-state index in [-0.39, 0.29) is 0 Å². The van der Waals surface area contributed by atoms with Gasteiger partial charge in [-0.15, -0.1) is 0 Å². The van der Waals surface area contributed by atoms with Crippen molar-refractivity contribution in [1.29, 1.82) is 5.26 Å². The third kappa shape index (κ3) is 1.89. The van der Waals surface area contributed by atoms with E-state index in [1.807, 2.05) is 6.07 Å². The zero-order valence-electron chi connectivity index (χ0n) is 6.09.